The Morgan fingerprint density at radius 1 is 1.42 bits per heavy atom. The van der Waals surface area contributed by atoms with Gasteiger partial charge >= 0.3 is 0 Å². The van der Waals surface area contributed by atoms with Crippen molar-refractivity contribution in [2.75, 3.05) is 31.6 Å². The number of likely N-dealkylation sites (tertiary alicyclic amines) is 1. The van der Waals surface area contributed by atoms with E-state index in [-0.39, 0.29) is 11.3 Å². The standard InChI is InChI=1S/C18H26N4O2/c1-3-15(23)22-7-6-18(10-22)11-24-9-14-12(2)20-17(21-16(14)18)19-8-13-4-5-13/h13H,3-11H2,1-2H3,(H,19,20,21)/t18-/m0/s1. The molecule has 1 aromatic rings. The number of hydrogen-bond donors (Lipinski definition) is 1. The van der Waals surface area contributed by atoms with E-state index in [2.05, 4.69) is 10.3 Å². The number of anilines is 1. The SMILES string of the molecule is CCC(=O)N1CC[C@@]2(COCc3c(C)nc(NCC4CC4)nc32)C1. The van der Waals surface area contributed by atoms with E-state index >= 15 is 0 Å². The van der Waals surface area contributed by atoms with Crippen LogP contribution in [0.25, 0.3) is 0 Å². The van der Waals surface area contributed by atoms with E-state index in [9.17, 15) is 4.79 Å². The Kier molecular flexibility index (Phi) is 3.95. The molecule has 24 heavy (non-hydrogen) atoms. The summed E-state index contributed by atoms with van der Waals surface area (Å²) in [6.45, 7) is 7.65. The Bertz CT molecular complexity index is 659. The van der Waals surface area contributed by atoms with E-state index < -0.39 is 0 Å². The maximum atomic E-state index is 12.1. The molecule has 1 amide bonds. The number of fused-ring (bicyclic) bond motifs is 2. The van der Waals surface area contributed by atoms with Crippen LogP contribution in [0.3, 0.4) is 0 Å². The number of aromatic nitrogens is 2. The van der Waals surface area contributed by atoms with Crippen LogP contribution in [0.4, 0.5) is 5.95 Å². The van der Waals surface area contributed by atoms with Crippen LogP contribution < -0.4 is 5.32 Å². The summed E-state index contributed by atoms with van der Waals surface area (Å²) < 4.78 is 5.89. The first-order valence-electron chi connectivity index (χ1n) is 9.09. The third kappa shape index (κ3) is 2.77. The van der Waals surface area contributed by atoms with Crippen molar-refractivity contribution in [2.45, 2.75) is 51.6 Å². The van der Waals surface area contributed by atoms with E-state index in [1.807, 2.05) is 18.7 Å². The largest absolute Gasteiger partial charge is 0.376 e. The molecule has 0 aromatic carbocycles. The number of nitrogens with one attached hydrogen (secondary N) is 1. The van der Waals surface area contributed by atoms with E-state index in [0.717, 1.165) is 48.3 Å². The molecular weight excluding hydrogens is 304 g/mol. The molecule has 1 spiro atoms. The number of nitrogens with zero attached hydrogens (tertiary/aromatic N) is 3. The lowest BCUT2D eigenvalue weighted by Crippen LogP contribution is -2.42. The Morgan fingerprint density at radius 2 is 2.25 bits per heavy atom. The smallest absolute Gasteiger partial charge is 0.223 e. The summed E-state index contributed by atoms with van der Waals surface area (Å²) in [5, 5.41) is 3.41. The maximum Gasteiger partial charge on any atom is 0.223 e. The average Bonchev–Trinajstić information content (AvgIpc) is 3.33. The summed E-state index contributed by atoms with van der Waals surface area (Å²) in [5.74, 6) is 1.74. The van der Waals surface area contributed by atoms with Crippen LogP contribution in [0.2, 0.25) is 0 Å². The van der Waals surface area contributed by atoms with E-state index in [4.69, 9.17) is 9.72 Å². The van der Waals surface area contributed by atoms with Crippen LogP contribution >= 0.6 is 0 Å². The highest BCUT2D eigenvalue weighted by Crippen LogP contribution is 2.40. The zero-order chi connectivity index (χ0) is 16.7. The first-order chi connectivity index (χ1) is 11.6. The maximum absolute atomic E-state index is 12.1. The minimum Gasteiger partial charge on any atom is -0.376 e. The highest BCUT2D eigenvalue weighted by Gasteiger charge is 2.46. The van der Waals surface area contributed by atoms with Gasteiger partial charge in [-0.3, -0.25) is 4.79 Å². The van der Waals surface area contributed by atoms with Crippen LogP contribution in [-0.4, -0.2) is 47.0 Å². The lowest BCUT2D eigenvalue weighted by Gasteiger charge is -2.35. The molecule has 6 heteroatoms. The Labute approximate surface area is 143 Å². The van der Waals surface area contributed by atoms with Gasteiger partial charge in [-0.05, 0) is 32.1 Å². The molecule has 1 aromatic heterocycles. The summed E-state index contributed by atoms with van der Waals surface area (Å²) in [7, 11) is 0. The quantitative estimate of drug-likeness (QED) is 0.915. The highest BCUT2D eigenvalue weighted by molar-refractivity contribution is 5.76. The molecule has 3 aliphatic rings. The summed E-state index contributed by atoms with van der Waals surface area (Å²) in [5.41, 5.74) is 3.05. The molecule has 1 saturated carbocycles. The van der Waals surface area contributed by atoms with Crippen molar-refractivity contribution in [3.8, 4) is 0 Å². The lowest BCUT2D eigenvalue weighted by atomic mass is 9.80. The number of hydrogen-bond acceptors (Lipinski definition) is 5. The number of ether oxygens (including phenoxy) is 1. The van der Waals surface area contributed by atoms with E-state index in [1.165, 1.54) is 12.8 Å². The molecule has 0 bridgehead atoms. The van der Waals surface area contributed by atoms with Gasteiger partial charge in [-0.1, -0.05) is 6.92 Å². The number of amides is 1. The second-order valence-electron chi connectivity index (χ2n) is 7.48. The number of aryl methyl sites for hydroxylation is 1. The van der Waals surface area contributed by atoms with E-state index in [1.54, 1.807) is 0 Å². The first-order valence-corrected chi connectivity index (χ1v) is 9.09. The highest BCUT2D eigenvalue weighted by atomic mass is 16.5. The first kappa shape index (κ1) is 15.8. The third-order valence-corrected chi connectivity index (χ3v) is 5.60. The molecule has 1 N–H and O–H groups in total. The van der Waals surface area contributed by atoms with Crippen LogP contribution in [0.1, 0.15) is 49.6 Å². The van der Waals surface area contributed by atoms with Crippen LogP contribution in [0, 0.1) is 12.8 Å². The Hall–Kier alpha value is -1.69. The zero-order valence-electron chi connectivity index (χ0n) is 14.6. The average molecular weight is 330 g/mol. The second-order valence-corrected chi connectivity index (χ2v) is 7.48. The molecule has 2 fully saturated rings. The van der Waals surface area contributed by atoms with Crippen molar-refractivity contribution < 1.29 is 9.53 Å². The predicted molar refractivity (Wildman–Crippen MR) is 90.8 cm³/mol. The van der Waals surface area contributed by atoms with Crippen molar-refractivity contribution in [1.82, 2.24) is 14.9 Å². The van der Waals surface area contributed by atoms with Gasteiger partial charge in [0.05, 0.1) is 24.3 Å². The normalized spacial score (nSPS) is 25.8. The molecule has 0 radical (unpaired) electrons. The van der Waals surface area contributed by atoms with Crippen molar-refractivity contribution in [2.24, 2.45) is 5.92 Å². The van der Waals surface area contributed by atoms with Crippen molar-refractivity contribution in [3.63, 3.8) is 0 Å². The molecule has 0 unspecified atom stereocenters. The van der Waals surface area contributed by atoms with Gasteiger partial charge in [-0.25, -0.2) is 9.97 Å². The second kappa shape index (κ2) is 5.99. The zero-order valence-corrected chi connectivity index (χ0v) is 14.6. The fraction of sp³-hybridized carbons (Fsp3) is 0.722. The van der Waals surface area contributed by atoms with Crippen LogP contribution in [0.5, 0.6) is 0 Å². The van der Waals surface area contributed by atoms with Gasteiger partial charge < -0.3 is 15.0 Å². The van der Waals surface area contributed by atoms with Crippen molar-refractivity contribution in [1.29, 1.82) is 0 Å². The summed E-state index contributed by atoms with van der Waals surface area (Å²) in [6, 6.07) is 0. The minimum atomic E-state index is -0.165. The van der Waals surface area contributed by atoms with Gasteiger partial charge in [0.1, 0.15) is 0 Å². The summed E-state index contributed by atoms with van der Waals surface area (Å²) in [6.07, 6.45) is 4.09. The van der Waals surface area contributed by atoms with E-state index in [0.29, 0.717) is 26.2 Å². The third-order valence-electron chi connectivity index (χ3n) is 5.60. The van der Waals surface area contributed by atoms with Crippen LogP contribution in [-0.2, 0) is 21.6 Å². The molecule has 6 nitrogen and oxygen atoms in total. The molecule has 3 heterocycles. The monoisotopic (exact) mass is 330 g/mol. The molecule has 2 aliphatic heterocycles. The predicted octanol–water partition coefficient (Wildman–Crippen LogP) is 2.02. The molecule has 1 aliphatic carbocycles. The Morgan fingerprint density at radius 3 is 3.00 bits per heavy atom. The lowest BCUT2D eigenvalue weighted by molar-refractivity contribution is -0.130. The summed E-state index contributed by atoms with van der Waals surface area (Å²) in [4.78, 5) is 23.6. The number of rotatable bonds is 4. The molecular formula is C18H26N4O2. The molecule has 4 rings (SSSR count). The van der Waals surface area contributed by atoms with Gasteiger partial charge in [0.25, 0.3) is 0 Å². The van der Waals surface area contributed by atoms with Gasteiger partial charge in [-0.2, -0.15) is 0 Å². The minimum absolute atomic E-state index is 0.165. The molecule has 1 atom stereocenters. The van der Waals surface area contributed by atoms with Crippen molar-refractivity contribution >= 4 is 11.9 Å². The van der Waals surface area contributed by atoms with Gasteiger partial charge in [0, 0.05) is 37.3 Å². The fourth-order valence-electron chi connectivity index (χ4n) is 3.88. The van der Waals surface area contributed by atoms with Crippen LogP contribution in [0.15, 0.2) is 0 Å². The van der Waals surface area contributed by atoms with Crippen molar-refractivity contribution in [3.05, 3.63) is 17.0 Å². The number of carbonyl (C=O) groups is 1. The number of carbonyl (C=O) groups excluding carboxylic acids is 1. The summed E-state index contributed by atoms with van der Waals surface area (Å²) >= 11 is 0. The van der Waals surface area contributed by atoms with Gasteiger partial charge in [0.15, 0.2) is 0 Å². The Balaban J connectivity index is 1.64. The fourth-order valence-corrected chi connectivity index (χ4v) is 3.88. The topological polar surface area (TPSA) is 67.4 Å². The molecule has 130 valence electrons. The molecule has 1 saturated heterocycles. The van der Waals surface area contributed by atoms with Gasteiger partial charge in [-0.15, -0.1) is 0 Å². The van der Waals surface area contributed by atoms with Gasteiger partial charge in [0.2, 0.25) is 11.9 Å².